The van der Waals surface area contributed by atoms with Crippen LogP contribution in [0.5, 0.6) is 0 Å². The van der Waals surface area contributed by atoms with Gasteiger partial charge in [-0.15, -0.1) is 0 Å². The third-order valence-corrected chi connectivity index (χ3v) is 7.74. The molecule has 0 spiro atoms. The number of aliphatic carboxylic acids is 1. The fourth-order valence-corrected chi connectivity index (χ4v) is 5.63. The highest BCUT2D eigenvalue weighted by molar-refractivity contribution is 5.92. The highest BCUT2D eigenvalue weighted by Gasteiger charge is 2.47. The lowest BCUT2D eigenvalue weighted by Crippen LogP contribution is -2.58. The van der Waals surface area contributed by atoms with E-state index in [1.54, 1.807) is 25.7 Å². The molecular weight excluding hydrogens is 510 g/mol. The number of ether oxygens (including phenoxy) is 1. The number of carbonyl (C=O) groups is 4. The second kappa shape index (κ2) is 12.1. The van der Waals surface area contributed by atoms with E-state index in [0.29, 0.717) is 38.9 Å². The second-order valence-electron chi connectivity index (χ2n) is 11.7. The van der Waals surface area contributed by atoms with Crippen LogP contribution in [0.2, 0.25) is 0 Å². The summed E-state index contributed by atoms with van der Waals surface area (Å²) in [4.78, 5) is 55.6. The maximum atomic E-state index is 13.9. The van der Waals surface area contributed by atoms with Gasteiger partial charge >= 0.3 is 12.1 Å². The topological polar surface area (TPSA) is 116 Å². The highest BCUT2D eigenvalue weighted by Crippen LogP contribution is 2.37. The molecule has 4 rings (SSSR count). The van der Waals surface area contributed by atoms with Gasteiger partial charge in [-0.25, -0.2) is 9.59 Å². The van der Waals surface area contributed by atoms with Gasteiger partial charge in [0.25, 0.3) is 0 Å². The molecule has 2 N–H and O–H groups in total. The summed E-state index contributed by atoms with van der Waals surface area (Å²) in [6, 6.07) is 16.9. The Morgan fingerprint density at radius 2 is 1.57 bits per heavy atom. The van der Waals surface area contributed by atoms with E-state index in [4.69, 9.17) is 4.74 Å². The first-order chi connectivity index (χ1) is 19.0. The number of carboxylic acids is 1. The van der Waals surface area contributed by atoms with Crippen LogP contribution in [-0.2, 0) is 31.0 Å². The first-order valence-electron chi connectivity index (χ1n) is 13.9. The zero-order chi connectivity index (χ0) is 28.9. The van der Waals surface area contributed by atoms with Gasteiger partial charge < -0.3 is 20.1 Å². The molecule has 0 saturated carbocycles. The summed E-state index contributed by atoms with van der Waals surface area (Å²) >= 11 is 0. The Balaban J connectivity index is 1.50. The van der Waals surface area contributed by atoms with Crippen molar-refractivity contribution < 1.29 is 29.0 Å². The van der Waals surface area contributed by atoms with Gasteiger partial charge in [-0.3, -0.25) is 14.5 Å². The molecule has 2 aliphatic heterocycles. The molecule has 40 heavy (non-hydrogen) atoms. The molecule has 9 nitrogen and oxygen atoms in total. The molecule has 2 saturated heterocycles. The summed E-state index contributed by atoms with van der Waals surface area (Å²) < 4.78 is 5.53. The van der Waals surface area contributed by atoms with Crippen LogP contribution in [0, 0.1) is 0 Å². The third-order valence-electron chi connectivity index (χ3n) is 7.74. The van der Waals surface area contributed by atoms with Crippen molar-refractivity contribution in [1.82, 2.24) is 15.1 Å². The molecule has 9 heteroatoms. The number of carbonyl (C=O) groups excluding carboxylic acids is 3. The largest absolute Gasteiger partial charge is 0.480 e. The zero-order valence-electron chi connectivity index (χ0n) is 23.5. The smallest absolute Gasteiger partial charge is 0.410 e. The Hall–Kier alpha value is -3.88. The van der Waals surface area contributed by atoms with E-state index in [2.05, 4.69) is 5.32 Å². The third kappa shape index (κ3) is 6.63. The SMILES string of the molecule is CC(C)(C)OC(=O)N1CCC[C@H]1C(=O)N1CCC(C(=O)N[C@@H](Cc2ccccc2)C(=O)O)(c2ccccc2)CC1. The van der Waals surface area contributed by atoms with Crippen molar-refractivity contribution in [1.29, 1.82) is 0 Å². The van der Waals surface area contributed by atoms with Gasteiger partial charge in [0.1, 0.15) is 17.7 Å². The molecule has 2 aromatic rings. The monoisotopic (exact) mass is 549 g/mol. The van der Waals surface area contributed by atoms with Crippen molar-refractivity contribution in [3.8, 4) is 0 Å². The van der Waals surface area contributed by atoms with Crippen LogP contribution in [-0.4, -0.2) is 76.1 Å². The minimum Gasteiger partial charge on any atom is -0.480 e. The number of amides is 3. The van der Waals surface area contributed by atoms with Crippen molar-refractivity contribution in [2.45, 2.75) is 76.0 Å². The molecular formula is C31H39N3O6. The van der Waals surface area contributed by atoms with E-state index >= 15 is 0 Å². The number of rotatable bonds is 7. The first kappa shape index (κ1) is 29.1. The lowest BCUT2D eigenvalue weighted by Gasteiger charge is -2.42. The zero-order valence-corrected chi connectivity index (χ0v) is 23.5. The number of nitrogens with zero attached hydrogens (tertiary/aromatic N) is 2. The van der Waals surface area contributed by atoms with Crippen LogP contribution in [0.25, 0.3) is 0 Å². The summed E-state index contributed by atoms with van der Waals surface area (Å²) in [5, 5.41) is 12.7. The molecule has 2 aromatic carbocycles. The fourth-order valence-electron chi connectivity index (χ4n) is 5.63. The highest BCUT2D eigenvalue weighted by atomic mass is 16.6. The van der Waals surface area contributed by atoms with Gasteiger partial charge in [0.2, 0.25) is 11.8 Å². The van der Waals surface area contributed by atoms with Crippen LogP contribution >= 0.6 is 0 Å². The minimum atomic E-state index is -1.10. The molecule has 0 aromatic heterocycles. The lowest BCUT2D eigenvalue weighted by molar-refractivity contribution is -0.144. The summed E-state index contributed by atoms with van der Waals surface area (Å²) in [5.41, 5.74) is -0.0339. The Bertz CT molecular complexity index is 1200. The van der Waals surface area contributed by atoms with Gasteiger partial charge in [0, 0.05) is 26.1 Å². The van der Waals surface area contributed by atoms with Crippen molar-refractivity contribution in [2.75, 3.05) is 19.6 Å². The molecule has 214 valence electrons. The van der Waals surface area contributed by atoms with Crippen LogP contribution in [0.1, 0.15) is 57.6 Å². The first-order valence-corrected chi connectivity index (χ1v) is 13.9. The maximum Gasteiger partial charge on any atom is 0.410 e. The van der Waals surface area contributed by atoms with E-state index in [1.807, 2.05) is 60.7 Å². The Morgan fingerprint density at radius 1 is 0.975 bits per heavy atom. The molecule has 2 atom stereocenters. The van der Waals surface area contributed by atoms with E-state index in [9.17, 15) is 24.3 Å². The normalized spacial score (nSPS) is 19.5. The summed E-state index contributed by atoms with van der Waals surface area (Å²) in [5.74, 6) is -1.60. The second-order valence-corrected chi connectivity index (χ2v) is 11.7. The van der Waals surface area contributed by atoms with Gasteiger partial charge in [-0.2, -0.15) is 0 Å². The number of piperidine rings is 1. The van der Waals surface area contributed by atoms with Crippen LogP contribution in [0.4, 0.5) is 4.79 Å². The molecule has 2 fully saturated rings. The van der Waals surface area contributed by atoms with E-state index in [0.717, 1.165) is 17.5 Å². The Morgan fingerprint density at radius 3 is 2.15 bits per heavy atom. The van der Waals surface area contributed by atoms with E-state index < -0.39 is 35.2 Å². The quantitative estimate of drug-likeness (QED) is 0.543. The molecule has 0 unspecified atom stereocenters. The van der Waals surface area contributed by atoms with Gasteiger partial charge in [0.15, 0.2) is 0 Å². The standard InChI is InChI=1S/C31H39N3O6/c1-30(2,3)40-29(39)34-18-10-15-25(34)26(35)33-19-16-31(17-20-33,23-13-8-5-9-14-23)28(38)32-24(27(36)37)21-22-11-6-4-7-12-22/h4-9,11-14,24-25H,10,15-21H2,1-3H3,(H,32,38)(H,36,37)/t24-,25-/m0/s1. The lowest BCUT2D eigenvalue weighted by atomic mass is 9.71. The summed E-state index contributed by atoms with van der Waals surface area (Å²) in [6.45, 7) is 6.49. The average molecular weight is 550 g/mol. The predicted octanol–water partition coefficient (Wildman–Crippen LogP) is 3.76. The fraction of sp³-hybridized carbons (Fsp3) is 0.484. The summed E-state index contributed by atoms with van der Waals surface area (Å²) in [6.07, 6.45) is 1.64. The molecule has 0 bridgehead atoms. The number of hydrogen-bond donors (Lipinski definition) is 2. The van der Waals surface area contributed by atoms with Crippen molar-refractivity contribution in [2.24, 2.45) is 0 Å². The molecule has 2 aliphatic rings. The molecule has 0 aliphatic carbocycles. The average Bonchev–Trinajstić information content (AvgIpc) is 3.43. The van der Waals surface area contributed by atoms with Crippen molar-refractivity contribution in [3.63, 3.8) is 0 Å². The van der Waals surface area contributed by atoms with Gasteiger partial charge in [-0.1, -0.05) is 60.7 Å². The summed E-state index contributed by atoms with van der Waals surface area (Å²) in [7, 11) is 0. The van der Waals surface area contributed by atoms with Crippen molar-refractivity contribution in [3.05, 3.63) is 71.8 Å². The van der Waals surface area contributed by atoms with Crippen LogP contribution in [0.15, 0.2) is 60.7 Å². The van der Waals surface area contributed by atoms with Crippen LogP contribution < -0.4 is 5.32 Å². The van der Waals surface area contributed by atoms with Crippen LogP contribution in [0.3, 0.4) is 0 Å². The molecule has 2 heterocycles. The van der Waals surface area contributed by atoms with Crippen molar-refractivity contribution >= 4 is 23.9 Å². The molecule has 3 amide bonds. The maximum absolute atomic E-state index is 13.9. The van der Waals surface area contributed by atoms with Gasteiger partial charge in [0.05, 0.1) is 5.41 Å². The number of carboxylic acid groups (broad SMARTS) is 1. The number of benzene rings is 2. The Labute approximate surface area is 235 Å². The number of likely N-dealkylation sites (tertiary alicyclic amines) is 2. The Kier molecular flexibility index (Phi) is 8.81. The van der Waals surface area contributed by atoms with Gasteiger partial charge in [-0.05, 0) is 57.6 Å². The molecule has 0 radical (unpaired) electrons. The predicted molar refractivity (Wildman–Crippen MR) is 150 cm³/mol. The minimum absolute atomic E-state index is 0.141. The number of nitrogens with one attached hydrogen (secondary N) is 1. The van der Waals surface area contributed by atoms with E-state index in [-0.39, 0.29) is 18.2 Å². The number of hydrogen-bond acceptors (Lipinski definition) is 5. The van der Waals surface area contributed by atoms with E-state index in [1.165, 1.54) is 4.90 Å².